The molecular weight excluding hydrogens is 1590 g/mol. The van der Waals surface area contributed by atoms with E-state index in [2.05, 4.69) is 43.1 Å². The molecule has 3 saturated heterocycles. The van der Waals surface area contributed by atoms with Gasteiger partial charge in [-0.25, -0.2) is 19.2 Å². The molecule has 0 radical (unpaired) electrons. The number of hydrogen-bond acceptors (Lipinski definition) is 22. The highest BCUT2D eigenvalue weighted by Crippen LogP contribution is 2.43. The Bertz CT molecular complexity index is 4110. The van der Waals surface area contributed by atoms with Gasteiger partial charge in [-0.15, -0.1) is 0 Å². The number of alkyl halides is 1. The number of esters is 3. The zero-order valence-electron chi connectivity index (χ0n) is 71.2. The van der Waals surface area contributed by atoms with Crippen LogP contribution in [0.1, 0.15) is 262 Å². The van der Waals surface area contributed by atoms with Crippen LogP contribution in [0, 0.1) is 72.4 Å². The molecule has 0 spiro atoms. The number of benzene rings is 2. The predicted octanol–water partition coefficient (Wildman–Crippen LogP) is 15.2. The van der Waals surface area contributed by atoms with E-state index in [1.807, 2.05) is 54.6 Å². The summed E-state index contributed by atoms with van der Waals surface area (Å²) < 4.78 is 14.2. The first-order chi connectivity index (χ1) is 56.6. The maximum absolute atomic E-state index is 13.1. The zero-order chi connectivity index (χ0) is 89.1. The molecular formula is C89H121BrN12O17. The molecule has 29 nitrogen and oxygen atoms in total. The number of nitrogens with two attached hydrogens (primary N) is 1. The van der Waals surface area contributed by atoms with Crippen LogP contribution in [0.3, 0.4) is 0 Å². The van der Waals surface area contributed by atoms with Gasteiger partial charge in [-0.3, -0.25) is 89.0 Å². The van der Waals surface area contributed by atoms with E-state index in [1.54, 1.807) is 91.8 Å². The predicted molar refractivity (Wildman–Crippen MR) is 451 cm³/mol. The lowest BCUT2D eigenvalue weighted by Crippen LogP contribution is -2.64. The summed E-state index contributed by atoms with van der Waals surface area (Å²) in [5.74, 6) is -2.81. The summed E-state index contributed by atoms with van der Waals surface area (Å²) in [6.45, 7) is 14.4. The number of imide groups is 4. The second-order valence-electron chi connectivity index (χ2n) is 30.2. The number of ether oxygens (including phenoxy) is 3. The normalized spacial score (nSPS) is 21.3. The fraction of sp³-hybridized carbons (Fsp3) is 0.562. The lowest BCUT2D eigenvalue weighted by atomic mass is 9.71. The minimum Gasteiger partial charge on any atom is -0.465 e. The van der Waals surface area contributed by atoms with Gasteiger partial charge in [-0.05, 0) is 194 Å². The average Bonchev–Trinajstić information content (AvgIpc) is 0.755. The van der Waals surface area contributed by atoms with Crippen LogP contribution < -0.4 is 16.4 Å². The van der Waals surface area contributed by atoms with E-state index in [-0.39, 0.29) is 71.4 Å². The first kappa shape index (κ1) is 102. The van der Waals surface area contributed by atoms with Gasteiger partial charge in [0.2, 0.25) is 23.6 Å². The third kappa shape index (κ3) is 29.5. The summed E-state index contributed by atoms with van der Waals surface area (Å²) in [7, 11) is 4.26. The standard InChI is InChI=1S/C20H22N2O4.2C12H17N3O2.C12H19NO2.C11H15NO2.C8H7BrO.C6H10O.C5H7NO2.C3H7NO/c1-20(15-11-7-4-8-12-15)17(24)21(2)19(26)22(18(20)25)13-16(23)14-9-5-3-6-10-14;2*1-12(8-6-4-3-5-7-8)9(13)14-11(17)15(2)10(12)16;1-3-15-11(14)12(2,9-13)10-7-5-4-6-8-10;1-2-14-11(13)10(8-12)9-6-4-3-5-7-9;9-6-8(10)7-4-2-1-3-5-7;7-6-4-2-1-3-5-6;1-2-8-5(7)3-4-6;1-2-3(4)5/h3,5-6,9-11H,4,7-8,12-13H2,1-2H3;2*6H,3-5,7H2,1-2H3,(H2,13,14,17);10H,3-8H2,1-2H3;2-7H2,1H3;1-5H,6H2;1-5H2;2-3H2,1H3;2H2,1H3,(H2,4,5). The molecule has 6 fully saturated rings. The highest BCUT2D eigenvalue weighted by Gasteiger charge is 2.56. The number of primary amides is 1. The Labute approximate surface area is 708 Å². The lowest BCUT2D eigenvalue weighted by Gasteiger charge is -2.42. The van der Waals surface area contributed by atoms with Crippen LogP contribution in [0.5, 0.6) is 0 Å². The number of amidine groups is 2. The van der Waals surface area contributed by atoms with E-state index in [0.29, 0.717) is 49.3 Å². The monoisotopic (exact) mass is 1710 g/mol. The van der Waals surface area contributed by atoms with Crippen molar-refractivity contribution in [2.45, 2.75) is 242 Å². The van der Waals surface area contributed by atoms with Gasteiger partial charge in [0.25, 0.3) is 5.91 Å². The van der Waals surface area contributed by atoms with Crippen LogP contribution in [0.15, 0.2) is 107 Å². The highest BCUT2D eigenvalue weighted by atomic mass is 79.9. The van der Waals surface area contributed by atoms with Gasteiger partial charge in [-0.1, -0.05) is 145 Å². The Hall–Kier alpha value is -10.9. The van der Waals surface area contributed by atoms with Crippen molar-refractivity contribution in [2.24, 2.45) is 33.3 Å². The topological polar surface area (TPSA) is 449 Å². The summed E-state index contributed by atoms with van der Waals surface area (Å²) in [5, 5.41) is 47.1. The second kappa shape index (κ2) is 52.1. The maximum Gasteiger partial charge on any atom is 0.348 e. The minimum absolute atomic E-state index is 0.00116. The van der Waals surface area contributed by atoms with E-state index in [9.17, 15) is 72.4 Å². The lowest BCUT2D eigenvalue weighted by molar-refractivity contribution is -0.155. The van der Waals surface area contributed by atoms with Gasteiger partial charge in [0, 0.05) is 51.5 Å². The number of halogens is 1. The summed E-state index contributed by atoms with van der Waals surface area (Å²) in [4.78, 5) is 167. The molecule has 0 aromatic heterocycles. The number of hydrogen-bond donors (Lipinski definition) is 5. The van der Waals surface area contributed by atoms with Crippen molar-refractivity contribution in [1.82, 2.24) is 30.2 Å². The number of urea groups is 3. The second-order valence-corrected chi connectivity index (χ2v) is 30.8. The number of amides is 11. The SMILES string of the molecule is CCC(N)=O.CCOC(=O)C(C#N)=C1CCCCC1.CCOC(=O)C(C)(C#N)C1CCCCC1.CCOC(=O)CC#N.CN1C(=O)N(CC(=O)c2ccccc2)C(=O)C(C)(C2=CCCCC2)C1=O.CN1C(=O)NC(=N)C(C)(C2=CCCCC2)C1=O.CN1C(=O)NC(=N)C(C)(C2=CCCCC2)C1=O.O=C(CBr)c1ccccc1.O=C1CCCCC1. The van der Waals surface area contributed by atoms with Crippen molar-refractivity contribution in [2.75, 3.05) is 52.8 Å². The van der Waals surface area contributed by atoms with Crippen molar-refractivity contribution < 1.29 is 81.3 Å². The Morgan fingerprint density at radius 1 is 0.538 bits per heavy atom. The van der Waals surface area contributed by atoms with Crippen LogP contribution in [0.2, 0.25) is 0 Å². The van der Waals surface area contributed by atoms with Crippen molar-refractivity contribution in [3.8, 4) is 18.2 Å². The van der Waals surface area contributed by atoms with Crippen LogP contribution in [-0.2, 0) is 57.4 Å². The van der Waals surface area contributed by atoms with Gasteiger partial charge in [0.05, 0.1) is 43.8 Å². The number of nitriles is 3. The van der Waals surface area contributed by atoms with E-state index in [0.717, 1.165) is 195 Å². The molecule has 646 valence electrons. The van der Waals surface area contributed by atoms with E-state index in [4.69, 9.17) is 30.8 Å². The Kier molecular flexibility index (Phi) is 44.8. The molecule has 0 bridgehead atoms. The molecule has 6 N–H and O–H groups in total. The Morgan fingerprint density at radius 2 is 0.933 bits per heavy atom. The third-order valence-electron chi connectivity index (χ3n) is 21.9. The molecule has 11 amide bonds. The van der Waals surface area contributed by atoms with Gasteiger partial charge in [0.1, 0.15) is 51.8 Å². The molecule has 11 rings (SSSR count). The molecule has 30 heteroatoms. The third-order valence-corrected chi connectivity index (χ3v) is 22.4. The highest BCUT2D eigenvalue weighted by molar-refractivity contribution is 9.09. The van der Waals surface area contributed by atoms with Gasteiger partial charge >= 0.3 is 36.0 Å². The van der Waals surface area contributed by atoms with Crippen molar-refractivity contribution in [3.63, 3.8) is 0 Å². The summed E-state index contributed by atoms with van der Waals surface area (Å²) in [5.41, 5.74) is 5.42. The zero-order valence-corrected chi connectivity index (χ0v) is 72.7. The molecule has 9 aliphatic rings. The summed E-state index contributed by atoms with van der Waals surface area (Å²) >= 11 is 3.10. The van der Waals surface area contributed by atoms with Gasteiger partial charge in [0.15, 0.2) is 17.0 Å². The summed E-state index contributed by atoms with van der Waals surface area (Å²) in [6.07, 6.45) is 33.4. The summed E-state index contributed by atoms with van der Waals surface area (Å²) in [6, 6.07) is 21.7. The fourth-order valence-corrected chi connectivity index (χ4v) is 14.7. The number of carbonyl (C=O) groups excluding carboxylic acids is 14. The van der Waals surface area contributed by atoms with Crippen LogP contribution in [0.25, 0.3) is 0 Å². The number of rotatable bonds is 16. The number of allylic oxidation sites excluding steroid dienone is 4. The van der Waals surface area contributed by atoms with Crippen molar-refractivity contribution in [3.05, 3.63) is 118 Å². The van der Waals surface area contributed by atoms with Crippen LogP contribution in [-0.4, -0.2) is 167 Å². The number of barbiturate groups is 1. The molecule has 3 aliphatic heterocycles. The van der Waals surface area contributed by atoms with Gasteiger partial charge in [-0.2, -0.15) is 15.8 Å². The van der Waals surface area contributed by atoms with Crippen molar-refractivity contribution in [1.29, 1.82) is 26.6 Å². The first-order valence-electron chi connectivity index (χ1n) is 41.1. The molecule has 3 heterocycles. The maximum atomic E-state index is 13.1. The van der Waals surface area contributed by atoms with Crippen LogP contribution in [0.4, 0.5) is 14.4 Å². The largest absolute Gasteiger partial charge is 0.465 e. The molecule has 4 atom stereocenters. The molecule has 3 saturated carbocycles. The number of ketones is 3. The van der Waals surface area contributed by atoms with E-state index in [1.165, 1.54) is 40.4 Å². The average molecular weight is 1710 g/mol. The minimum atomic E-state index is -1.42. The molecule has 119 heavy (non-hydrogen) atoms. The number of nitrogens with one attached hydrogen (secondary N) is 4. The quantitative estimate of drug-likeness (QED) is 0.0152. The molecule has 2 aromatic carbocycles. The fourth-order valence-electron chi connectivity index (χ4n) is 14.4. The van der Waals surface area contributed by atoms with Gasteiger partial charge < -0.3 is 19.9 Å². The number of carbonyl (C=O) groups is 14. The number of Topliss-reactive ketones (excluding diaryl/α,β-unsaturated/α-hetero) is 3. The molecule has 6 aliphatic carbocycles. The van der Waals surface area contributed by atoms with Crippen LogP contribution >= 0.6 is 15.9 Å². The van der Waals surface area contributed by atoms with E-state index >= 15 is 0 Å². The molecule has 2 aromatic rings. The first-order valence-corrected chi connectivity index (χ1v) is 42.2. The van der Waals surface area contributed by atoms with Crippen molar-refractivity contribution >= 4 is 110 Å². The smallest absolute Gasteiger partial charge is 0.348 e. The Balaban J connectivity index is 0.000000358. The number of nitrogens with zero attached hydrogens (tertiary/aromatic N) is 7. The Morgan fingerprint density at radius 3 is 1.29 bits per heavy atom. The van der Waals surface area contributed by atoms with E-state index < -0.39 is 63.5 Å². The molecule has 4 unspecified atom stereocenters.